The van der Waals surface area contributed by atoms with Gasteiger partial charge in [0.2, 0.25) is 0 Å². The highest BCUT2D eigenvalue weighted by atomic mass is 14.9. The Kier molecular flexibility index (Phi) is 4.78. The van der Waals surface area contributed by atoms with Crippen LogP contribution in [0.4, 0.5) is 0 Å². The molecule has 1 aromatic carbocycles. The van der Waals surface area contributed by atoms with Crippen molar-refractivity contribution in [3.63, 3.8) is 0 Å². The van der Waals surface area contributed by atoms with Gasteiger partial charge < -0.3 is 5.32 Å². The van der Waals surface area contributed by atoms with Crippen LogP contribution in [0.5, 0.6) is 0 Å². The van der Waals surface area contributed by atoms with Crippen LogP contribution < -0.4 is 5.32 Å². The quantitative estimate of drug-likeness (QED) is 0.875. The Morgan fingerprint density at radius 2 is 2.06 bits per heavy atom. The molecule has 0 radical (unpaired) electrons. The molecule has 0 spiro atoms. The number of nitrogens with one attached hydrogen (secondary N) is 1. The summed E-state index contributed by atoms with van der Waals surface area (Å²) in [6.07, 6.45) is 6.73. The Balaban J connectivity index is 1.81. The third-order valence-electron chi connectivity index (χ3n) is 4.04. The van der Waals surface area contributed by atoms with Gasteiger partial charge in [0.15, 0.2) is 0 Å². The van der Waals surface area contributed by atoms with Gasteiger partial charge >= 0.3 is 0 Å². The number of nitrogens with zero attached hydrogens (tertiary/aromatic N) is 1. The molecular formula is C16H22N2. The maximum absolute atomic E-state index is 8.75. The van der Waals surface area contributed by atoms with Crippen molar-refractivity contribution in [2.45, 2.75) is 51.6 Å². The number of hydrogen-bond donors (Lipinski definition) is 1. The summed E-state index contributed by atoms with van der Waals surface area (Å²) in [5.74, 6) is 0.914. The zero-order chi connectivity index (χ0) is 12.8. The molecular weight excluding hydrogens is 220 g/mol. The zero-order valence-corrected chi connectivity index (χ0v) is 11.2. The maximum atomic E-state index is 8.75. The topological polar surface area (TPSA) is 35.8 Å². The first-order valence-electron chi connectivity index (χ1n) is 7.04. The van der Waals surface area contributed by atoms with Crippen LogP contribution in [-0.2, 0) is 6.54 Å². The molecule has 0 saturated heterocycles. The molecule has 0 aliphatic heterocycles. The number of benzene rings is 1. The van der Waals surface area contributed by atoms with Crippen LogP contribution in [0.1, 0.15) is 50.2 Å². The van der Waals surface area contributed by atoms with Crippen LogP contribution in [0.2, 0.25) is 0 Å². The molecule has 1 fully saturated rings. The zero-order valence-electron chi connectivity index (χ0n) is 11.2. The second kappa shape index (κ2) is 6.56. The van der Waals surface area contributed by atoms with Gasteiger partial charge in [-0.1, -0.05) is 38.3 Å². The Hall–Kier alpha value is -1.33. The Morgan fingerprint density at radius 3 is 2.72 bits per heavy atom. The van der Waals surface area contributed by atoms with Gasteiger partial charge in [-0.05, 0) is 36.5 Å². The highest BCUT2D eigenvalue weighted by Gasteiger charge is 2.19. The van der Waals surface area contributed by atoms with Crippen molar-refractivity contribution >= 4 is 0 Å². The lowest BCUT2D eigenvalue weighted by atomic mass is 9.84. The lowest BCUT2D eigenvalue weighted by Crippen LogP contribution is -2.33. The van der Waals surface area contributed by atoms with E-state index in [2.05, 4.69) is 18.3 Å². The normalized spacial score (nSPS) is 23.6. The molecule has 2 rings (SSSR count). The van der Waals surface area contributed by atoms with Gasteiger partial charge in [0.25, 0.3) is 0 Å². The molecule has 0 heterocycles. The summed E-state index contributed by atoms with van der Waals surface area (Å²) in [6, 6.07) is 10.7. The summed E-state index contributed by atoms with van der Waals surface area (Å²) >= 11 is 0. The molecule has 2 nitrogen and oxygen atoms in total. The van der Waals surface area contributed by atoms with Gasteiger partial charge in [-0.2, -0.15) is 5.26 Å². The Morgan fingerprint density at radius 1 is 1.28 bits per heavy atom. The molecule has 1 saturated carbocycles. The molecule has 2 heteroatoms. The fourth-order valence-electron chi connectivity index (χ4n) is 2.81. The molecule has 2 atom stereocenters. The van der Waals surface area contributed by atoms with E-state index in [1.54, 1.807) is 0 Å². The van der Waals surface area contributed by atoms with Gasteiger partial charge in [-0.25, -0.2) is 0 Å². The van der Waals surface area contributed by atoms with Crippen molar-refractivity contribution in [1.29, 1.82) is 5.26 Å². The van der Waals surface area contributed by atoms with Crippen molar-refractivity contribution in [3.8, 4) is 6.07 Å². The SMILES string of the molecule is CCC1CCCC(NCc2ccc(C#N)cc2)C1. The van der Waals surface area contributed by atoms with Crippen LogP contribution in [-0.4, -0.2) is 6.04 Å². The monoisotopic (exact) mass is 242 g/mol. The molecule has 0 aromatic heterocycles. The largest absolute Gasteiger partial charge is 0.310 e. The third-order valence-corrected chi connectivity index (χ3v) is 4.04. The van der Waals surface area contributed by atoms with Crippen molar-refractivity contribution in [1.82, 2.24) is 5.32 Å². The van der Waals surface area contributed by atoms with Crippen LogP contribution in [0.25, 0.3) is 0 Å². The van der Waals surface area contributed by atoms with Gasteiger partial charge in [0.05, 0.1) is 11.6 Å². The minimum absolute atomic E-state index is 0.680. The van der Waals surface area contributed by atoms with E-state index in [0.29, 0.717) is 6.04 Å². The first-order valence-corrected chi connectivity index (χ1v) is 7.04. The van der Waals surface area contributed by atoms with Crippen molar-refractivity contribution in [2.24, 2.45) is 5.92 Å². The molecule has 0 bridgehead atoms. The van der Waals surface area contributed by atoms with Gasteiger partial charge in [0.1, 0.15) is 0 Å². The smallest absolute Gasteiger partial charge is 0.0991 e. The fraction of sp³-hybridized carbons (Fsp3) is 0.562. The average Bonchev–Trinajstić information content (AvgIpc) is 2.46. The first-order chi connectivity index (χ1) is 8.81. The fourth-order valence-corrected chi connectivity index (χ4v) is 2.81. The average molecular weight is 242 g/mol. The number of hydrogen-bond acceptors (Lipinski definition) is 2. The predicted molar refractivity (Wildman–Crippen MR) is 74.0 cm³/mol. The molecule has 18 heavy (non-hydrogen) atoms. The highest BCUT2D eigenvalue weighted by molar-refractivity contribution is 5.31. The Bertz CT molecular complexity index is 402. The first kappa shape index (κ1) is 13.1. The Labute approximate surface area is 110 Å². The molecule has 2 unspecified atom stereocenters. The van der Waals surface area contributed by atoms with Crippen LogP contribution in [0, 0.1) is 17.2 Å². The van der Waals surface area contributed by atoms with Crippen molar-refractivity contribution in [3.05, 3.63) is 35.4 Å². The molecule has 1 aromatic rings. The maximum Gasteiger partial charge on any atom is 0.0991 e. The van der Waals surface area contributed by atoms with Crippen molar-refractivity contribution in [2.75, 3.05) is 0 Å². The minimum atomic E-state index is 0.680. The summed E-state index contributed by atoms with van der Waals surface area (Å²) in [5, 5.41) is 12.4. The van der Waals surface area contributed by atoms with Crippen LogP contribution in [0.3, 0.4) is 0 Å². The van der Waals surface area contributed by atoms with E-state index in [0.717, 1.165) is 18.0 Å². The number of rotatable bonds is 4. The second-order valence-electron chi connectivity index (χ2n) is 5.33. The van der Waals surface area contributed by atoms with Crippen LogP contribution >= 0.6 is 0 Å². The summed E-state index contributed by atoms with van der Waals surface area (Å²) in [6.45, 7) is 3.22. The van der Waals surface area contributed by atoms with E-state index in [9.17, 15) is 0 Å². The molecule has 1 aliphatic carbocycles. The summed E-state index contributed by atoms with van der Waals surface area (Å²) in [5.41, 5.74) is 2.01. The van der Waals surface area contributed by atoms with E-state index in [-0.39, 0.29) is 0 Å². The van der Waals surface area contributed by atoms with E-state index >= 15 is 0 Å². The standard InChI is InChI=1S/C16H22N2/c1-2-13-4-3-5-16(10-13)18-12-15-8-6-14(11-17)7-9-15/h6-9,13,16,18H,2-5,10,12H2,1H3. The number of nitriles is 1. The van der Waals surface area contributed by atoms with E-state index in [1.165, 1.54) is 37.7 Å². The summed E-state index contributed by atoms with van der Waals surface area (Å²) < 4.78 is 0. The van der Waals surface area contributed by atoms with Crippen molar-refractivity contribution < 1.29 is 0 Å². The van der Waals surface area contributed by atoms with E-state index in [1.807, 2.05) is 24.3 Å². The van der Waals surface area contributed by atoms with Gasteiger partial charge in [0, 0.05) is 12.6 Å². The lowest BCUT2D eigenvalue weighted by molar-refractivity contribution is 0.278. The highest BCUT2D eigenvalue weighted by Crippen LogP contribution is 2.26. The molecule has 0 amide bonds. The van der Waals surface area contributed by atoms with Crippen LogP contribution in [0.15, 0.2) is 24.3 Å². The second-order valence-corrected chi connectivity index (χ2v) is 5.33. The minimum Gasteiger partial charge on any atom is -0.310 e. The van der Waals surface area contributed by atoms with E-state index < -0.39 is 0 Å². The predicted octanol–water partition coefficient (Wildman–Crippen LogP) is 3.62. The molecule has 1 aliphatic rings. The van der Waals surface area contributed by atoms with Gasteiger partial charge in [-0.3, -0.25) is 0 Å². The summed E-state index contributed by atoms with van der Waals surface area (Å²) in [4.78, 5) is 0. The molecule has 96 valence electrons. The third kappa shape index (κ3) is 3.58. The van der Waals surface area contributed by atoms with Gasteiger partial charge in [-0.15, -0.1) is 0 Å². The lowest BCUT2D eigenvalue weighted by Gasteiger charge is -2.29. The summed E-state index contributed by atoms with van der Waals surface area (Å²) in [7, 11) is 0. The molecule has 1 N–H and O–H groups in total. The van der Waals surface area contributed by atoms with E-state index in [4.69, 9.17) is 5.26 Å².